The van der Waals surface area contributed by atoms with Crippen molar-refractivity contribution in [1.29, 1.82) is 0 Å². The fourth-order valence-electron chi connectivity index (χ4n) is 4.08. The van der Waals surface area contributed by atoms with Crippen LogP contribution in [0.1, 0.15) is 55.5 Å². The third kappa shape index (κ3) is 3.01. The number of amides is 1. The topological polar surface area (TPSA) is 59.2 Å². The molecule has 5 heteroatoms. The Kier molecular flexibility index (Phi) is 4.27. The van der Waals surface area contributed by atoms with Gasteiger partial charge in [0.05, 0.1) is 17.8 Å². The van der Waals surface area contributed by atoms with E-state index in [-0.39, 0.29) is 23.4 Å². The van der Waals surface area contributed by atoms with Gasteiger partial charge >= 0.3 is 0 Å². The average Bonchev–Trinajstić information content (AvgIpc) is 3.18. The van der Waals surface area contributed by atoms with Crippen LogP contribution in [0.3, 0.4) is 0 Å². The number of nitrogens with two attached hydrogens (primary N) is 1. The fraction of sp³-hybridized carbons (Fsp3) is 0.429. The lowest BCUT2D eigenvalue weighted by molar-refractivity contribution is -0.122. The number of benzene rings is 1. The number of halogens is 1. The van der Waals surface area contributed by atoms with Crippen molar-refractivity contribution in [2.75, 3.05) is 6.54 Å². The molecule has 0 bridgehead atoms. The number of pyridine rings is 1. The minimum Gasteiger partial charge on any atom is -0.368 e. The van der Waals surface area contributed by atoms with Gasteiger partial charge in [-0.2, -0.15) is 4.39 Å². The number of carbonyl (C=O) groups is 1. The first kappa shape index (κ1) is 17.2. The normalized spacial score (nSPS) is 22.9. The molecule has 1 aromatic carbocycles. The molecule has 26 heavy (non-hydrogen) atoms. The Morgan fingerprint density at radius 3 is 2.62 bits per heavy atom. The van der Waals surface area contributed by atoms with Gasteiger partial charge < -0.3 is 5.73 Å². The van der Waals surface area contributed by atoms with Gasteiger partial charge in [-0.1, -0.05) is 43.3 Å². The summed E-state index contributed by atoms with van der Waals surface area (Å²) in [5.41, 5.74) is 7.89. The van der Waals surface area contributed by atoms with Crippen LogP contribution in [0.5, 0.6) is 0 Å². The van der Waals surface area contributed by atoms with E-state index in [0.717, 1.165) is 37.8 Å². The smallest absolute Gasteiger partial charge is 0.234 e. The maximum atomic E-state index is 14.8. The summed E-state index contributed by atoms with van der Waals surface area (Å²) in [6, 6.07) is 13.0. The highest BCUT2D eigenvalue weighted by Crippen LogP contribution is 2.48. The van der Waals surface area contributed by atoms with Crippen LogP contribution in [0, 0.1) is 5.95 Å². The Hall–Kier alpha value is -2.27. The summed E-state index contributed by atoms with van der Waals surface area (Å²) in [4.78, 5) is 18.3. The fourth-order valence-corrected chi connectivity index (χ4v) is 4.08. The second-order valence-corrected chi connectivity index (χ2v) is 7.75. The molecule has 136 valence electrons. The van der Waals surface area contributed by atoms with Crippen LogP contribution in [0.15, 0.2) is 42.5 Å². The Balaban J connectivity index is 1.76. The van der Waals surface area contributed by atoms with Gasteiger partial charge in [0.1, 0.15) is 0 Å². The van der Waals surface area contributed by atoms with Gasteiger partial charge in [-0.25, -0.2) is 4.98 Å². The number of aromatic nitrogens is 1. The SMILES string of the molecule is CC1(c2ccc([C@H](c3ccccc3)N3CCCC3C(N)=O)nc2F)CC1. The number of hydrogen-bond donors (Lipinski definition) is 1. The molecule has 1 aliphatic carbocycles. The first-order valence-corrected chi connectivity index (χ1v) is 9.26. The molecule has 2 N–H and O–H groups in total. The second kappa shape index (κ2) is 6.47. The molecule has 2 atom stereocenters. The summed E-state index contributed by atoms with van der Waals surface area (Å²) in [5, 5.41) is 0. The lowest BCUT2D eigenvalue weighted by Crippen LogP contribution is -2.43. The zero-order valence-corrected chi connectivity index (χ0v) is 15.0. The Bertz CT molecular complexity index is 819. The number of rotatable bonds is 5. The highest BCUT2D eigenvalue weighted by molar-refractivity contribution is 5.80. The summed E-state index contributed by atoms with van der Waals surface area (Å²) in [5.74, 6) is -0.718. The Morgan fingerprint density at radius 2 is 2.00 bits per heavy atom. The number of nitrogens with zero attached hydrogens (tertiary/aromatic N) is 2. The van der Waals surface area contributed by atoms with E-state index in [1.54, 1.807) is 0 Å². The number of likely N-dealkylation sites (tertiary alicyclic amines) is 1. The minimum absolute atomic E-state index is 0.0682. The minimum atomic E-state index is -0.391. The van der Waals surface area contributed by atoms with Crippen LogP contribution in [0.4, 0.5) is 4.39 Å². The van der Waals surface area contributed by atoms with Crippen molar-refractivity contribution >= 4 is 5.91 Å². The number of primary amides is 1. The molecule has 1 aliphatic heterocycles. The molecule has 2 heterocycles. The number of hydrogen-bond acceptors (Lipinski definition) is 3. The van der Waals surface area contributed by atoms with E-state index >= 15 is 0 Å². The highest BCUT2D eigenvalue weighted by Gasteiger charge is 2.42. The summed E-state index contributed by atoms with van der Waals surface area (Å²) < 4.78 is 14.8. The molecule has 1 saturated heterocycles. The van der Waals surface area contributed by atoms with Crippen LogP contribution < -0.4 is 5.73 Å². The Labute approximate surface area is 153 Å². The molecule has 4 nitrogen and oxygen atoms in total. The third-order valence-electron chi connectivity index (χ3n) is 5.87. The van der Waals surface area contributed by atoms with E-state index in [1.165, 1.54) is 0 Å². The van der Waals surface area contributed by atoms with Crippen LogP contribution in [-0.4, -0.2) is 28.4 Å². The molecule has 2 aliphatic rings. The first-order valence-electron chi connectivity index (χ1n) is 9.26. The van der Waals surface area contributed by atoms with Crippen LogP contribution in [0.25, 0.3) is 0 Å². The summed E-state index contributed by atoms with van der Waals surface area (Å²) in [6.45, 7) is 2.82. The molecule has 2 fully saturated rings. The molecular weight excluding hydrogens is 329 g/mol. The summed E-state index contributed by atoms with van der Waals surface area (Å²) in [6.07, 6.45) is 3.64. The van der Waals surface area contributed by atoms with E-state index in [2.05, 4.69) is 16.8 Å². The van der Waals surface area contributed by atoms with E-state index in [9.17, 15) is 9.18 Å². The van der Waals surface area contributed by atoms with Gasteiger partial charge in [-0.05, 0) is 49.3 Å². The lowest BCUT2D eigenvalue weighted by Gasteiger charge is -2.32. The standard InChI is InChI=1S/C21H24FN3O/c1-21(11-12-21)15-9-10-16(24-19(15)22)18(14-6-3-2-4-7-14)25-13-5-8-17(25)20(23)26/h2-4,6-7,9-10,17-18H,5,8,11-13H2,1H3,(H2,23,26)/t17?,18-/m0/s1. The maximum absolute atomic E-state index is 14.8. The second-order valence-electron chi connectivity index (χ2n) is 7.75. The highest BCUT2D eigenvalue weighted by atomic mass is 19.1. The largest absolute Gasteiger partial charge is 0.368 e. The molecular formula is C21H24FN3O. The third-order valence-corrected chi connectivity index (χ3v) is 5.87. The zero-order valence-electron chi connectivity index (χ0n) is 15.0. The van der Waals surface area contributed by atoms with E-state index in [4.69, 9.17) is 5.73 Å². The maximum Gasteiger partial charge on any atom is 0.234 e. The van der Waals surface area contributed by atoms with Crippen molar-refractivity contribution < 1.29 is 9.18 Å². The van der Waals surface area contributed by atoms with Crippen molar-refractivity contribution in [3.8, 4) is 0 Å². The predicted molar refractivity (Wildman–Crippen MR) is 98.0 cm³/mol. The van der Waals surface area contributed by atoms with Crippen LogP contribution >= 0.6 is 0 Å². The monoisotopic (exact) mass is 353 g/mol. The van der Waals surface area contributed by atoms with E-state index in [1.807, 2.05) is 42.5 Å². The van der Waals surface area contributed by atoms with Gasteiger partial charge in [0.25, 0.3) is 0 Å². The Morgan fingerprint density at radius 1 is 1.27 bits per heavy atom. The van der Waals surface area contributed by atoms with Crippen LogP contribution in [-0.2, 0) is 10.2 Å². The molecule has 1 unspecified atom stereocenters. The van der Waals surface area contributed by atoms with Crippen molar-refractivity contribution in [3.05, 3.63) is 65.2 Å². The lowest BCUT2D eigenvalue weighted by atomic mass is 9.96. The average molecular weight is 353 g/mol. The molecule has 0 radical (unpaired) electrons. The first-order chi connectivity index (χ1) is 12.5. The zero-order chi connectivity index (χ0) is 18.3. The van der Waals surface area contributed by atoms with Gasteiger partial charge in [0, 0.05) is 5.56 Å². The predicted octanol–water partition coefficient (Wildman–Crippen LogP) is 3.31. The molecule has 0 spiro atoms. The summed E-state index contributed by atoms with van der Waals surface area (Å²) >= 11 is 0. The molecule has 4 rings (SSSR count). The molecule has 1 saturated carbocycles. The van der Waals surface area contributed by atoms with Gasteiger partial charge in [0.15, 0.2) is 0 Å². The van der Waals surface area contributed by atoms with Crippen molar-refractivity contribution in [3.63, 3.8) is 0 Å². The molecule has 1 aromatic heterocycles. The molecule has 1 amide bonds. The van der Waals surface area contributed by atoms with Crippen molar-refractivity contribution in [2.24, 2.45) is 5.73 Å². The van der Waals surface area contributed by atoms with Crippen molar-refractivity contribution in [2.45, 2.75) is 50.1 Å². The van der Waals surface area contributed by atoms with Gasteiger partial charge in [-0.15, -0.1) is 0 Å². The van der Waals surface area contributed by atoms with Gasteiger partial charge in [0.2, 0.25) is 11.9 Å². The molecule has 2 aromatic rings. The van der Waals surface area contributed by atoms with Crippen molar-refractivity contribution in [1.82, 2.24) is 9.88 Å². The quantitative estimate of drug-likeness (QED) is 0.839. The van der Waals surface area contributed by atoms with E-state index < -0.39 is 5.95 Å². The summed E-state index contributed by atoms with van der Waals surface area (Å²) in [7, 11) is 0. The van der Waals surface area contributed by atoms with Gasteiger partial charge in [-0.3, -0.25) is 9.69 Å². The van der Waals surface area contributed by atoms with E-state index in [0.29, 0.717) is 11.3 Å². The van der Waals surface area contributed by atoms with Crippen LogP contribution in [0.2, 0.25) is 0 Å². The number of carbonyl (C=O) groups excluding carboxylic acids is 1.